The summed E-state index contributed by atoms with van der Waals surface area (Å²) in [5.41, 5.74) is -0.218. The molecule has 0 atom stereocenters. The highest BCUT2D eigenvalue weighted by molar-refractivity contribution is 9.10. The fourth-order valence-corrected chi connectivity index (χ4v) is 3.74. The van der Waals surface area contributed by atoms with Gasteiger partial charge in [0.25, 0.3) is 11.6 Å². The maximum Gasteiger partial charge on any atom is 0.343 e. The van der Waals surface area contributed by atoms with Gasteiger partial charge in [-0.05, 0) is 76.1 Å². The number of esters is 1. The number of halogens is 1. The third-order valence-electron chi connectivity index (χ3n) is 5.10. The molecule has 11 nitrogen and oxygen atoms in total. The van der Waals surface area contributed by atoms with Crippen molar-refractivity contribution in [1.82, 2.24) is 0 Å². The summed E-state index contributed by atoms with van der Waals surface area (Å²) in [7, 11) is 4.22. The summed E-state index contributed by atoms with van der Waals surface area (Å²) in [5.74, 6) is -0.469. The maximum atomic E-state index is 12.8. The van der Waals surface area contributed by atoms with E-state index < -0.39 is 22.5 Å². The summed E-state index contributed by atoms with van der Waals surface area (Å²) in [6.45, 7) is 0. The molecule has 0 saturated carbocycles. The van der Waals surface area contributed by atoms with E-state index in [0.29, 0.717) is 15.8 Å². The van der Waals surface area contributed by atoms with Crippen LogP contribution in [0.15, 0.2) is 64.6 Å². The van der Waals surface area contributed by atoms with Crippen LogP contribution in [0.25, 0.3) is 6.08 Å². The summed E-state index contributed by atoms with van der Waals surface area (Å²) in [5, 5.41) is 23.3. The molecule has 0 spiro atoms. The molecule has 3 rings (SSSR count). The van der Waals surface area contributed by atoms with E-state index in [9.17, 15) is 25.0 Å². The van der Waals surface area contributed by atoms with Crippen molar-refractivity contribution in [3.8, 4) is 29.1 Å². The number of nitrogens with zero attached hydrogens (tertiary/aromatic N) is 2. The van der Waals surface area contributed by atoms with Crippen LogP contribution in [-0.4, -0.2) is 38.1 Å². The normalized spacial score (nSPS) is 10.7. The maximum absolute atomic E-state index is 12.8. The van der Waals surface area contributed by atoms with Crippen LogP contribution in [0.1, 0.15) is 15.9 Å². The molecule has 0 heterocycles. The SMILES string of the molecule is COc1ccc(C(=O)Oc2c(Br)cc(/C=C(\C#N)C(=O)Nc3ccc(OC)cc3[N+](=O)[O-])cc2OC)cc1. The predicted octanol–water partition coefficient (Wildman–Crippen LogP) is 5.15. The quantitative estimate of drug-likeness (QED) is 0.0903. The molecule has 0 radical (unpaired) electrons. The van der Waals surface area contributed by atoms with Crippen LogP contribution in [0.2, 0.25) is 0 Å². The minimum atomic E-state index is -0.870. The van der Waals surface area contributed by atoms with E-state index in [-0.39, 0.29) is 34.1 Å². The van der Waals surface area contributed by atoms with Gasteiger partial charge in [0.15, 0.2) is 11.5 Å². The smallest absolute Gasteiger partial charge is 0.343 e. The molecule has 1 amide bonds. The lowest BCUT2D eigenvalue weighted by molar-refractivity contribution is -0.384. The van der Waals surface area contributed by atoms with Gasteiger partial charge in [-0.15, -0.1) is 0 Å². The first kappa shape index (κ1) is 27.7. The molecule has 0 bridgehead atoms. The van der Waals surface area contributed by atoms with Gasteiger partial charge in [0, 0.05) is 0 Å². The van der Waals surface area contributed by atoms with E-state index in [2.05, 4.69) is 21.2 Å². The van der Waals surface area contributed by atoms with Gasteiger partial charge < -0.3 is 24.3 Å². The second-order valence-corrected chi connectivity index (χ2v) is 8.27. The molecule has 0 unspecified atom stereocenters. The Balaban J connectivity index is 1.87. The number of nitrogens with one attached hydrogen (secondary N) is 1. The Kier molecular flexibility index (Phi) is 9.02. The number of benzene rings is 3. The third kappa shape index (κ3) is 6.45. The minimum Gasteiger partial charge on any atom is -0.497 e. The van der Waals surface area contributed by atoms with Crippen LogP contribution < -0.4 is 24.3 Å². The van der Waals surface area contributed by atoms with Crippen molar-refractivity contribution in [1.29, 1.82) is 5.26 Å². The second kappa shape index (κ2) is 12.4. The number of carbonyl (C=O) groups is 2. The number of rotatable bonds is 9. The van der Waals surface area contributed by atoms with Gasteiger partial charge in [0.2, 0.25) is 0 Å². The van der Waals surface area contributed by atoms with Crippen molar-refractivity contribution >= 4 is 45.3 Å². The lowest BCUT2D eigenvalue weighted by Crippen LogP contribution is -2.14. The van der Waals surface area contributed by atoms with Gasteiger partial charge in [0.05, 0.1) is 42.4 Å². The zero-order valence-electron chi connectivity index (χ0n) is 20.3. The van der Waals surface area contributed by atoms with E-state index in [1.807, 2.05) is 0 Å². The number of hydrogen-bond acceptors (Lipinski definition) is 9. The van der Waals surface area contributed by atoms with Crippen molar-refractivity contribution in [2.45, 2.75) is 0 Å². The first-order valence-corrected chi connectivity index (χ1v) is 11.5. The Labute approximate surface area is 225 Å². The van der Waals surface area contributed by atoms with Gasteiger partial charge in [-0.1, -0.05) is 0 Å². The van der Waals surface area contributed by atoms with E-state index in [1.54, 1.807) is 30.3 Å². The van der Waals surface area contributed by atoms with Crippen LogP contribution in [0, 0.1) is 21.4 Å². The number of amides is 1. The average molecular weight is 582 g/mol. The average Bonchev–Trinajstić information content (AvgIpc) is 2.92. The molecule has 38 heavy (non-hydrogen) atoms. The highest BCUT2D eigenvalue weighted by Gasteiger charge is 2.21. The van der Waals surface area contributed by atoms with Crippen molar-refractivity contribution in [3.63, 3.8) is 0 Å². The monoisotopic (exact) mass is 581 g/mol. The number of nitriles is 1. The molecule has 0 aliphatic heterocycles. The topological polar surface area (TPSA) is 150 Å². The summed E-state index contributed by atoms with van der Waals surface area (Å²) >= 11 is 3.33. The number of methoxy groups -OCH3 is 3. The van der Waals surface area contributed by atoms with Crippen LogP contribution >= 0.6 is 15.9 Å². The molecular weight excluding hydrogens is 562 g/mol. The number of nitro groups is 1. The van der Waals surface area contributed by atoms with E-state index in [4.69, 9.17) is 18.9 Å². The van der Waals surface area contributed by atoms with Crippen molar-refractivity contribution in [2.24, 2.45) is 0 Å². The van der Waals surface area contributed by atoms with Crippen LogP contribution in [0.3, 0.4) is 0 Å². The van der Waals surface area contributed by atoms with Crippen molar-refractivity contribution in [2.75, 3.05) is 26.6 Å². The second-order valence-electron chi connectivity index (χ2n) is 7.42. The molecule has 0 aromatic heterocycles. The molecule has 1 N–H and O–H groups in total. The standard InChI is InChI=1S/C26H20BrN3O8/c1-35-18-6-4-16(5-7-18)26(32)38-24-20(27)11-15(12-23(24)37-3)10-17(14-28)25(31)29-21-9-8-19(36-2)13-22(21)30(33)34/h4-13H,1-3H3,(H,29,31)/b17-10+. The van der Waals surface area contributed by atoms with Gasteiger partial charge in [-0.25, -0.2) is 4.79 Å². The molecule has 0 fully saturated rings. The van der Waals surface area contributed by atoms with Crippen molar-refractivity contribution in [3.05, 3.63) is 85.9 Å². The fraction of sp³-hybridized carbons (Fsp3) is 0.115. The summed E-state index contributed by atoms with van der Waals surface area (Å²) in [4.78, 5) is 36.1. The Hall–Kier alpha value is -4.89. The largest absolute Gasteiger partial charge is 0.497 e. The molecule has 0 saturated heterocycles. The van der Waals surface area contributed by atoms with Crippen molar-refractivity contribution < 1.29 is 33.5 Å². The summed E-state index contributed by atoms with van der Waals surface area (Å²) < 4.78 is 21.2. The highest BCUT2D eigenvalue weighted by atomic mass is 79.9. The number of carbonyl (C=O) groups excluding carboxylic acids is 2. The van der Waals surface area contributed by atoms with E-state index in [1.165, 1.54) is 51.7 Å². The van der Waals surface area contributed by atoms with E-state index in [0.717, 1.165) is 6.07 Å². The minimum absolute atomic E-state index is 0.0854. The number of ether oxygens (including phenoxy) is 4. The molecular formula is C26H20BrN3O8. The number of nitro benzene ring substituents is 1. The van der Waals surface area contributed by atoms with Crippen LogP contribution in [-0.2, 0) is 4.79 Å². The van der Waals surface area contributed by atoms with Crippen LogP contribution in [0.4, 0.5) is 11.4 Å². The van der Waals surface area contributed by atoms with Crippen LogP contribution in [0.5, 0.6) is 23.0 Å². The summed E-state index contributed by atoms with van der Waals surface area (Å²) in [6, 6.07) is 15.0. The molecule has 0 aliphatic rings. The third-order valence-corrected chi connectivity index (χ3v) is 5.69. The fourth-order valence-electron chi connectivity index (χ4n) is 3.20. The first-order chi connectivity index (χ1) is 18.2. The molecule has 3 aromatic rings. The Bertz CT molecular complexity index is 1460. The number of hydrogen-bond donors (Lipinski definition) is 1. The Morgan fingerprint density at radius 3 is 2.24 bits per heavy atom. The summed E-state index contributed by atoms with van der Waals surface area (Å²) in [6.07, 6.45) is 1.26. The molecule has 0 aliphatic carbocycles. The van der Waals surface area contributed by atoms with E-state index >= 15 is 0 Å². The Morgan fingerprint density at radius 1 is 1.00 bits per heavy atom. The number of anilines is 1. The lowest BCUT2D eigenvalue weighted by atomic mass is 10.1. The van der Waals surface area contributed by atoms with Gasteiger partial charge in [-0.3, -0.25) is 14.9 Å². The molecule has 3 aromatic carbocycles. The Morgan fingerprint density at radius 2 is 1.66 bits per heavy atom. The van der Waals surface area contributed by atoms with Gasteiger partial charge in [0.1, 0.15) is 28.8 Å². The molecule has 12 heteroatoms. The highest BCUT2D eigenvalue weighted by Crippen LogP contribution is 2.38. The zero-order chi connectivity index (χ0) is 27.8. The first-order valence-electron chi connectivity index (χ1n) is 10.7. The predicted molar refractivity (Wildman–Crippen MR) is 141 cm³/mol. The zero-order valence-corrected chi connectivity index (χ0v) is 21.9. The molecule has 194 valence electrons. The van der Waals surface area contributed by atoms with Gasteiger partial charge in [-0.2, -0.15) is 5.26 Å². The lowest BCUT2D eigenvalue weighted by Gasteiger charge is -2.13. The van der Waals surface area contributed by atoms with Gasteiger partial charge >= 0.3 is 5.97 Å².